The summed E-state index contributed by atoms with van der Waals surface area (Å²) in [4.78, 5) is 22.1. The Morgan fingerprint density at radius 2 is 2.06 bits per heavy atom. The van der Waals surface area contributed by atoms with Crippen LogP contribution in [0.15, 0.2) is 24.3 Å². The number of primary amides is 1. The highest BCUT2D eigenvalue weighted by Crippen LogP contribution is 2.15. The van der Waals surface area contributed by atoms with Crippen molar-refractivity contribution >= 4 is 17.7 Å². The van der Waals surface area contributed by atoms with E-state index < -0.39 is 12.0 Å². The number of amides is 2. The van der Waals surface area contributed by atoms with E-state index in [1.54, 1.807) is 24.3 Å². The molecule has 0 aliphatic heterocycles. The second-order valence-corrected chi connectivity index (χ2v) is 3.28. The van der Waals surface area contributed by atoms with E-state index in [0.717, 1.165) is 0 Å². The number of rotatable bonds is 5. The van der Waals surface area contributed by atoms with E-state index in [9.17, 15) is 9.59 Å². The molecule has 0 spiro atoms. The van der Waals surface area contributed by atoms with Gasteiger partial charge in [-0.15, -0.1) is 0 Å². The highest BCUT2D eigenvalue weighted by atomic mass is 16.6. The summed E-state index contributed by atoms with van der Waals surface area (Å²) in [5.74, 6) is -0.483. The number of benzene rings is 1. The molecule has 0 unspecified atom stereocenters. The molecular weight excluding hydrogens is 224 g/mol. The van der Waals surface area contributed by atoms with E-state index in [1.165, 1.54) is 0 Å². The molecule has 0 atom stereocenters. The number of aliphatic hydroxyl groups is 1. The van der Waals surface area contributed by atoms with Crippen molar-refractivity contribution in [3.8, 4) is 0 Å². The molecule has 4 N–H and O–H groups in total. The molecule has 0 aliphatic rings. The van der Waals surface area contributed by atoms with Gasteiger partial charge in [-0.05, 0) is 11.6 Å². The first-order valence-corrected chi connectivity index (χ1v) is 5.04. The van der Waals surface area contributed by atoms with Crippen molar-refractivity contribution in [1.82, 2.24) is 0 Å². The van der Waals surface area contributed by atoms with Crippen LogP contribution in [0.1, 0.15) is 5.56 Å². The molecule has 1 aromatic rings. The van der Waals surface area contributed by atoms with Crippen LogP contribution in [0.4, 0.5) is 10.5 Å². The van der Waals surface area contributed by atoms with Crippen LogP contribution < -0.4 is 11.1 Å². The van der Waals surface area contributed by atoms with Crippen LogP contribution in [0.2, 0.25) is 0 Å². The zero-order valence-electron chi connectivity index (χ0n) is 9.18. The fraction of sp³-hybridized carbons (Fsp3) is 0.273. The first kappa shape index (κ1) is 13.0. The fourth-order valence-electron chi connectivity index (χ4n) is 1.27. The Hall–Kier alpha value is -2.08. The highest BCUT2D eigenvalue weighted by Gasteiger charge is 2.08. The van der Waals surface area contributed by atoms with Crippen molar-refractivity contribution in [2.45, 2.75) is 6.42 Å². The zero-order chi connectivity index (χ0) is 12.7. The number of carbonyl (C=O) groups excluding carboxylic acids is 2. The molecule has 2 amide bonds. The lowest BCUT2D eigenvalue weighted by atomic mass is 10.1. The lowest BCUT2D eigenvalue weighted by molar-refractivity contribution is -0.117. The second kappa shape index (κ2) is 6.49. The Bertz CT molecular complexity index is 406. The number of carbonyl (C=O) groups is 2. The normalized spacial score (nSPS) is 9.71. The minimum Gasteiger partial charge on any atom is -0.447 e. The van der Waals surface area contributed by atoms with Gasteiger partial charge in [-0.3, -0.25) is 10.1 Å². The molecule has 0 saturated carbocycles. The standard InChI is InChI=1S/C11H14N2O4/c12-10(15)7-8-3-1-2-4-9(8)13-11(16)17-6-5-14/h1-4,14H,5-7H2,(H2,12,15)(H,13,16). The molecule has 0 aromatic heterocycles. The smallest absolute Gasteiger partial charge is 0.411 e. The Labute approximate surface area is 98.4 Å². The molecule has 0 bridgehead atoms. The van der Waals surface area contributed by atoms with Gasteiger partial charge in [-0.1, -0.05) is 18.2 Å². The molecule has 92 valence electrons. The molecule has 0 heterocycles. The number of nitrogens with one attached hydrogen (secondary N) is 1. The van der Waals surface area contributed by atoms with Crippen molar-refractivity contribution in [2.24, 2.45) is 5.73 Å². The third-order valence-corrected chi connectivity index (χ3v) is 1.94. The van der Waals surface area contributed by atoms with Gasteiger partial charge in [0, 0.05) is 5.69 Å². The summed E-state index contributed by atoms with van der Waals surface area (Å²) in [6, 6.07) is 6.78. The molecule has 1 rings (SSSR count). The van der Waals surface area contributed by atoms with Crippen LogP contribution in [0.5, 0.6) is 0 Å². The zero-order valence-corrected chi connectivity index (χ0v) is 9.18. The first-order chi connectivity index (χ1) is 8.13. The maximum atomic E-state index is 11.2. The minimum atomic E-state index is -0.684. The Morgan fingerprint density at radius 3 is 2.71 bits per heavy atom. The minimum absolute atomic E-state index is 0.0381. The fourth-order valence-corrected chi connectivity index (χ4v) is 1.27. The average molecular weight is 238 g/mol. The molecule has 17 heavy (non-hydrogen) atoms. The second-order valence-electron chi connectivity index (χ2n) is 3.28. The predicted octanol–water partition coefficient (Wildman–Crippen LogP) is 0.255. The van der Waals surface area contributed by atoms with Gasteiger partial charge in [0.25, 0.3) is 0 Å². The molecule has 0 radical (unpaired) electrons. The molecule has 0 saturated heterocycles. The van der Waals surface area contributed by atoms with Gasteiger partial charge in [-0.2, -0.15) is 0 Å². The Morgan fingerprint density at radius 1 is 1.35 bits per heavy atom. The summed E-state index contributed by atoms with van der Waals surface area (Å²) in [5.41, 5.74) is 6.17. The van der Waals surface area contributed by atoms with Crippen LogP contribution in [0.3, 0.4) is 0 Å². The Balaban J connectivity index is 2.69. The van der Waals surface area contributed by atoms with E-state index in [2.05, 4.69) is 10.1 Å². The van der Waals surface area contributed by atoms with Crippen molar-refractivity contribution < 1.29 is 19.4 Å². The van der Waals surface area contributed by atoms with Gasteiger partial charge < -0.3 is 15.6 Å². The molecule has 6 heteroatoms. The topological polar surface area (TPSA) is 102 Å². The number of para-hydroxylation sites is 1. The summed E-state index contributed by atoms with van der Waals surface area (Å²) in [5, 5.41) is 11.0. The summed E-state index contributed by atoms with van der Waals surface area (Å²) >= 11 is 0. The van der Waals surface area contributed by atoms with Crippen molar-refractivity contribution in [3.63, 3.8) is 0 Å². The maximum Gasteiger partial charge on any atom is 0.411 e. The summed E-state index contributed by atoms with van der Waals surface area (Å²) in [7, 11) is 0. The van der Waals surface area contributed by atoms with E-state index in [0.29, 0.717) is 11.3 Å². The van der Waals surface area contributed by atoms with E-state index in [4.69, 9.17) is 10.8 Å². The average Bonchev–Trinajstić information content (AvgIpc) is 2.28. The summed E-state index contributed by atoms with van der Waals surface area (Å²) < 4.78 is 4.64. The van der Waals surface area contributed by atoms with Gasteiger partial charge in [0.05, 0.1) is 13.0 Å². The number of hydrogen-bond acceptors (Lipinski definition) is 4. The highest BCUT2D eigenvalue weighted by molar-refractivity contribution is 5.87. The maximum absolute atomic E-state index is 11.2. The SMILES string of the molecule is NC(=O)Cc1ccccc1NC(=O)OCCO. The third kappa shape index (κ3) is 4.52. The van der Waals surface area contributed by atoms with Gasteiger partial charge in [0.2, 0.25) is 5.91 Å². The number of ether oxygens (including phenoxy) is 1. The number of anilines is 1. The van der Waals surface area contributed by atoms with Crippen molar-refractivity contribution in [2.75, 3.05) is 18.5 Å². The quantitative estimate of drug-likeness (QED) is 0.684. The number of hydrogen-bond donors (Lipinski definition) is 3. The third-order valence-electron chi connectivity index (χ3n) is 1.94. The largest absolute Gasteiger partial charge is 0.447 e. The van der Waals surface area contributed by atoms with Crippen LogP contribution in [-0.4, -0.2) is 30.3 Å². The predicted molar refractivity (Wildman–Crippen MR) is 61.4 cm³/mol. The van der Waals surface area contributed by atoms with Gasteiger partial charge >= 0.3 is 6.09 Å². The van der Waals surface area contributed by atoms with E-state index >= 15 is 0 Å². The van der Waals surface area contributed by atoms with Crippen LogP contribution in [-0.2, 0) is 16.0 Å². The van der Waals surface area contributed by atoms with E-state index in [-0.39, 0.29) is 19.6 Å². The summed E-state index contributed by atoms with van der Waals surface area (Å²) in [6.45, 7) is -0.319. The number of nitrogens with two attached hydrogens (primary N) is 1. The van der Waals surface area contributed by atoms with Gasteiger partial charge in [-0.25, -0.2) is 4.79 Å². The Kier molecular flexibility index (Phi) is 4.96. The van der Waals surface area contributed by atoms with Crippen molar-refractivity contribution in [3.05, 3.63) is 29.8 Å². The van der Waals surface area contributed by atoms with Gasteiger partial charge in [0.15, 0.2) is 0 Å². The monoisotopic (exact) mass is 238 g/mol. The summed E-state index contributed by atoms with van der Waals surface area (Å²) in [6.07, 6.45) is -0.646. The van der Waals surface area contributed by atoms with Crippen LogP contribution in [0, 0.1) is 0 Å². The molecule has 0 aliphatic carbocycles. The van der Waals surface area contributed by atoms with E-state index in [1.807, 2.05) is 0 Å². The molecule has 1 aromatic carbocycles. The lowest BCUT2D eigenvalue weighted by Crippen LogP contribution is -2.19. The van der Waals surface area contributed by atoms with Gasteiger partial charge in [0.1, 0.15) is 6.61 Å². The first-order valence-electron chi connectivity index (χ1n) is 5.04. The van der Waals surface area contributed by atoms with Crippen LogP contribution >= 0.6 is 0 Å². The molecular formula is C11H14N2O4. The number of aliphatic hydroxyl groups excluding tert-OH is 1. The van der Waals surface area contributed by atoms with Crippen molar-refractivity contribution in [1.29, 1.82) is 0 Å². The lowest BCUT2D eigenvalue weighted by Gasteiger charge is -2.09. The molecule has 6 nitrogen and oxygen atoms in total. The molecule has 0 fully saturated rings. The van der Waals surface area contributed by atoms with Crippen LogP contribution in [0.25, 0.3) is 0 Å².